The monoisotopic (exact) mass is 417 g/mol. The topological polar surface area (TPSA) is 93.5 Å². The smallest absolute Gasteiger partial charge is 0.289 e. The number of aryl methyl sites for hydroxylation is 1. The summed E-state index contributed by atoms with van der Waals surface area (Å²) in [6.07, 6.45) is 4.18. The Morgan fingerprint density at radius 2 is 2.10 bits per heavy atom. The second-order valence-corrected chi connectivity index (χ2v) is 10.4. The third-order valence-corrected chi connectivity index (χ3v) is 8.00. The van der Waals surface area contributed by atoms with E-state index in [1.165, 1.54) is 0 Å². The Morgan fingerprint density at radius 3 is 2.77 bits per heavy atom. The van der Waals surface area contributed by atoms with E-state index in [-0.39, 0.29) is 46.5 Å². The lowest BCUT2D eigenvalue weighted by Crippen LogP contribution is -2.60. The van der Waals surface area contributed by atoms with Gasteiger partial charge in [0.15, 0.2) is 0 Å². The number of fused-ring (bicyclic) bond motifs is 1. The molecular weight excluding hydrogens is 382 g/mol. The fourth-order valence-corrected chi connectivity index (χ4v) is 6.39. The van der Waals surface area contributed by atoms with Gasteiger partial charge >= 0.3 is 0 Å². The average molecular weight is 418 g/mol. The van der Waals surface area contributed by atoms with Gasteiger partial charge < -0.3 is 19.9 Å². The van der Waals surface area contributed by atoms with Crippen LogP contribution in [0.15, 0.2) is 10.6 Å². The van der Waals surface area contributed by atoms with Crippen molar-refractivity contribution < 1.29 is 18.8 Å². The lowest BCUT2D eigenvalue weighted by Gasteiger charge is -2.53. The molecule has 166 valence electrons. The molecule has 3 fully saturated rings. The second kappa shape index (κ2) is 7.66. The molecule has 0 radical (unpaired) electrons. The van der Waals surface area contributed by atoms with Crippen molar-refractivity contribution in [3.05, 3.63) is 17.5 Å². The Labute approximate surface area is 178 Å². The van der Waals surface area contributed by atoms with Crippen LogP contribution in [-0.2, 0) is 9.53 Å². The van der Waals surface area contributed by atoms with E-state index in [0.29, 0.717) is 30.7 Å². The van der Waals surface area contributed by atoms with Gasteiger partial charge in [0.25, 0.3) is 5.91 Å². The molecule has 2 N–H and O–H groups in total. The molecule has 1 spiro atoms. The standard InChI is InChI=1S/C23H35N3O4/c1-13(2)19(27)25-21-22(4,5)15-11-16-17(29-9-7-23(16,21)12-15)6-8-24-20(28)18-10-14(3)26-30-18/h10,13,15-17,21H,6-9,11-12H2,1-5H3,(H,24,28)(H,25,27)/t15-,16-,17-,21+,23?/m1/s1. The molecule has 1 unspecified atom stereocenters. The van der Waals surface area contributed by atoms with Crippen LogP contribution in [0, 0.1) is 35.5 Å². The fraction of sp³-hybridized carbons (Fsp3) is 0.783. The van der Waals surface area contributed by atoms with Gasteiger partial charge in [-0.05, 0) is 55.3 Å². The SMILES string of the molecule is Cc1cc(C(=O)NCC[C@H]2OCCC34C[C@@H](C[C@H]23)C(C)(C)[C@@H]4NC(=O)C(C)C)on1. The minimum Gasteiger partial charge on any atom is -0.378 e. The zero-order valence-electron chi connectivity index (χ0n) is 18.8. The number of hydrogen-bond acceptors (Lipinski definition) is 5. The summed E-state index contributed by atoms with van der Waals surface area (Å²) in [5.74, 6) is 1.15. The molecule has 7 heteroatoms. The minimum atomic E-state index is -0.239. The molecule has 0 aromatic carbocycles. The van der Waals surface area contributed by atoms with Crippen molar-refractivity contribution >= 4 is 11.8 Å². The molecule has 2 bridgehead atoms. The minimum absolute atomic E-state index is 0.0136. The van der Waals surface area contributed by atoms with Gasteiger partial charge in [-0.2, -0.15) is 0 Å². The molecule has 7 nitrogen and oxygen atoms in total. The van der Waals surface area contributed by atoms with Crippen LogP contribution in [0.25, 0.3) is 0 Å². The van der Waals surface area contributed by atoms with Crippen LogP contribution in [0.4, 0.5) is 0 Å². The van der Waals surface area contributed by atoms with Crippen LogP contribution in [0.5, 0.6) is 0 Å². The summed E-state index contributed by atoms with van der Waals surface area (Å²) in [4.78, 5) is 24.8. The van der Waals surface area contributed by atoms with Crippen LogP contribution < -0.4 is 10.6 Å². The predicted molar refractivity (Wildman–Crippen MR) is 112 cm³/mol. The van der Waals surface area contributed by atoms with Crippen molar-refractivity contribution in [1.82, 2.24) is 15.8 Å². The number of nitrogens with one attached hydrogen (secondary N) is 2. The molecule has 2 heterocycles. The van der Waals surface area contributed by atoms with Gasteiger partial charge in [0.1, 0.15) is 0 Å². The molecule has 30 heavy (non-hydrogen) atoms. The van der Waals surface area contributed by atoms with Crippen LogP contribution in [0.3, 0.4) is 0 Å². The second-order valence-electron chi connectivity index (χ2n) is 10.4. The molecule has 2 amide bonds. The Balaban J connectivity index is 1.43. The van der Waals surface area contributed by atoms with Crippen molar-refractivity contribution in [3.63, 3.8) is 0 Å². The number of carbonyl (C=O) groups excluding carboxylic acids is 2. The molecule has 5 atom stereocenters. The molecule has 1 aromatic heterocycles. The first kappa shape index (κ1) is 21.3. The van der Waals surface area contributed by atoms with E-state index in [2.05, 4.69) is 29.6 Å². The third-order valence-electron chi connectivity index (χ3n) is 8.00. The van der Waals surface area contributed by atoms with Gasteiger partial charge in [-0.25, -0.2) is 0 Å². The Bertz CT molecular complexity index is 817. The van der Waals surface area contributed by atoms with Gasteiger partial charge in [0.05, 0.1) is 11.8 Å². The zero-order valence-corrected chi connectivity index (χ0v) is 18.8. The van der Waals surface area contributed by atoms with Crippen molar-refractivity contribution in [2.75, 3.05) is 13.2 Å². The number of aromatic nitrogens is 1. The molecule has 3 aliphatic rings. The van der Waals surface area contributed by atoms with E-state index in [4.69, 9.17) is 9.26 Å². The Hall–Kier alpha value is -1.89. The summed E-state index contributed by atoms with van der Waals surface area (Å²) >= 11 is 0. The van der Waals surface area contributed by atoms with Crippen LogP contribution in [0.2, 0.25) is 0 Å². The molecule has 1 saturated heterocycles. The fourth-order valence-electron chi connectivity index (χ4n) is 6.39. The molecule has 2 aliphatic carbocycles. The molecule has 2 saturated carbocycles. The van der Waals surface area contributed by atoms with E-state index in [1.54, 1.807) is 13.0 Å². The summed E-state index contributed by atoms with van der Waals surface area (Å²) in [6.45, 7) is 11.6. The van der Waals surface area contributed by atoms with Crippen LogP contribution in [0.1, 0.15) is 69.6 Å². The van der Waals surface area contributed by atoms with Crippen molar-refractivity contribution in [3.8, 4) is 0 Å². The maximum atomic E-state index is 12.6. The zero-order chi connectivity index (χ0) is 21.7. The number of nitrogens with zero attached hydrogens (tertiary/aromatic N) is 1. The van der Waals surface area contributed by atoms with Gasteiger partial charge in [0.2, 0.25) is 11.7 Å². The summed E-state index contributed by atoms with van der Waals surface area (Å²) in [6, 6.07) is 1.82. The molecular formula is C23H35N3O4. The normalized spacial score (nSPS) is 34.1. The van der Waals surface area contributed by atoms with E-state index in [1.807, 2.05) is 13.8 Å². The summed E-state index contributed by atoms with van der Waals surface area (Å²) in [5, 5.41) is 10.1. The summed E-state index contributed by atoms with van der Waals surface area (Å²) < 4.78 is 11.2. The Morgan fingerprint density at radius 1 is 1.33 bits per heavy atom. The van der Waals surface area contributed by atoms with Crippen molar-refractivity contribution in [2.24, 2.45) is 28.6 Å². The van der Waals surface area contributed by atoms with Gasteiger partial charge in [0, 0.05) is 31.2 Å². The summed E-state index contributed by atoms with van der Waals surface area (Å²) in [7, 11) is 0. The first-order valence-corrected chi connectivity index (χ1v) is 11.3. The first-order chi connectivity index (χ1) is 14.1. The van der Waals surface area contributed by atoms with Crippen molar-refractivity contribution in [2.45, 2.75) is 72.4 Å². The van der Waals surface area contributed by atoms with Gasteiger partial charge in [-0.15, -0.1) is 0 Å². The number of carbonyl (C=O) groups is 2. The highest BCUT2D eigenvalue weighted by Gasteiger charge is 2.68. The lowest BCUT2D eigenvalue weighted by atomic mass is 9.59. The number of rotatable bonds is 6. The van der Waals surface area contributed by atoms with Gasteiger partial charge in [-0.1, -0.05) is 32.9 Å². The maximum absolute atomic E-state index is 12.6. The Kier molecular flexibility index (Phi) is 5.45. The highest BCUT2D eigenvalue weighted by atomic mass is 16.5. The average Bonchev–Trinajstić information content (AvgIpc) is 3.34. The van der Waals surface area contributed by atoms with E-state index >= 15 is 0 Å². The largest absolute Gasteiger partial charge is 0.378 e. The van der Waals surface area contributed by atoms with Gasteiger partial charge in [-0.3, -0.25) is 9.59 Å². The third kappa shape index (κ3) is 3.45. The van der Waals surface area contributed by atoms with E-state index < -0.39 is 0 Å². The predicted octanol–water partition coefficient (Wildman–Crippen LogP) is 3.09. The number of ether oxygens (including phenoxy) is 1. The molecule has 1 aliphatic heterocycles. The highest BCUT2D eigenvalue weighted by molar-refractivity contribution is 5.91. The van der Waals surface area contributed by atoms with Crippen LogP contribution >= 0.6 is 0 Å². The lowest BCUT2D eigenvalue weighted by molar-refractivity contribution is -0.138. The number of amides is 2. The maximum Gasteiger partial charge on any atom is 0.289 e. The summed E-state index contributed by atoms with van der Waals surface area (Å²) in [5.41, 5.74) is 0.895. The number of hydrogen-bond donors (Lipinski definition) is 2. The molecule has 4 rings (SSSR count). The van der Waals surface area contributed by atoms with E-state index in [0.717, 1.165) is 25.7 Å². The molecule has 1 aromatic rings. The first-order valence-electron chi connectivity index (χ1n) is 11.3. The van der Waals surface area contributed by atoms with Crippen LogP contribution in [-0.4, -0.2) is 42.3 Å². The van der Waals surface area contributed by atoms with E-state index in [9.17, 15) is 9.59 Å². The highest BCUT2D eigenvalue weighted by Crippen LogP contribution is 2.68. The van der Waals surface area contributed by atoms with Crippen molar-refractivity contribution in [1.29, 1.82) is 0 Å². The quantitative estimate of drug-likeness (QED) is 0.742.